The van der Waals surface area contributed by atoms with Crippen molar-refractivity contribution in [3.05, 3.63) is 47.5 Å². The van der Waals surface area contributed by atoms with Gasteiger partial charge in [-0.1, -0.05) is 40.8 Å². The van der Waals surface area contributed by atoms with E-state index in [0.717, 1.165) is 29.4 Å². The Labute approximate surface area is 179 Å². The fourth-order valence-corrected chi connectivity index (χ4v) is 3.91. The Hall–Kier alpha value is -2.09. The lowest BCUT2D eigenvalue weighted by Gasteiger charge is -2.20. The first-order valence-corrected chi connectivity index (χ1v) is 11.0. The van der Waals surface area contributed by atoms with Crippen LogP contribution in [-0.4, -0.2) is 37.3 Å². The molecule has 0 unspecified atom stereocenters. The van der Waals surface area contributed by atoms with Crippen LogP contribution < -0.4 is 14.4 Å². The average Bonchev–Trinajstić information content (AvgIpc) is 3.16. The van der Waals surface area contributed by atoms with Gasteiger partial charge in [0, 0.05) is 18.3 Å². The van der Waals surface area contributed by atoms with E-state index in [1.807, 2.05) is 18.2 Å². The van der Waals surface area contributed by atoms with Gasteiger partial charge in [0.15, 0.2) is 11.5 Å². The molecule has 2 aromatic rings. The van der Waals surface area contributed by atoms with Gasteiger partial charge in [-0.3, -0.25) is 9.79 Å². The average molecular weight is 492 g/mol. The molecule has 1 heterocycles. The third kappa shape index (κ3) is 4.48. The van der Waals surface area contributed by atoms with Gasteiger partial charge in [0.05, 0.1) is 25.0 Å². The van der Waals surface area contributed by atoms with E-state index in [9.17, 15) is 4.79 Å². The molecule has 1 aliphatic heterocycles. The van der Waals surface area contributed by atoms with E-state index in [1.165, 1.54) is 12.0 Å². The third-order valence-corrected chi connectivity index (χ3v) is 5.61. The number of ether oxygens (including phenoxy) is 2. The minimum Gasteiger partial charge on any atom is -0.493 e. The van der Waals surface area contributed by atoms with E-state index in [-0.39, 0.29) is 5.91 Å². The van der Waals surface area contributed by atoms with Crippen molar-refractivity contribution in [2.75, 3.05) is 29.6 Å². The topological polar surface area (TPSA) is 51.1 Å². The lowest BCUT2D eigenvalue weighted by atomic mass is 10.1. The highest BCUT2D eigenvalue weighted by Crippen LogP contribution is 2.37. The number of carbonyl (C=O) groups excluding carboxylic acids is 1. The first-order chi connectivity index (χ1) is 13.7. The van der Waals surface area contributed by atoms with Gasteiger partial charge in [-0.05, 0) is 54.5 Å². The number of anilines is 1. The minimum absolute atomic E-state index is 0.0979. The number of amides is 1. The number of nitrogens with zero attached hydrogens (tertiary/aromatic N) is 2. The maximum atomic E-state index is 13.2. The summed E-state index contributed by atoms with van der Waals surface area (Å²) in [5.41, 5.74) is 3.12. The molecule has 0 bridgehead atoms. The normalized spacial score (nSPS) is 12.6. The molecular formula is C22H25IN2O3. The maximum Gasteiger partial charge on any atom is 0.260 e. The zero-order valence-electron chi connectivity index (χ0n) is 16.1. The zero-order valence-corrected chi connectivity index (χ0v) is 18.3. The highest BCUT2D eigenvalue weighted by molar-refractivity contribution is 14.1. The van der Waals surface area contributed by atoms with Gasteiger partial charge in [0.25, 0.3) is 5.91 Å². The number of methoxy groups -OCH3 is 1. The molecule has 0 fully saturated rings. The number of hydrogen-bond acceptors (Lipinski definition) is 4. The summed E-state index contributed by atoms with van der Waals surface area (Å²) >= 11 is 2.38. The van der Waals surface area contributed by atoms with Crippen LogP contribution in [0.2, 0.25) is 0 Å². The van der Waals surface area contributed by atoms with Crippen LogP contribution in [0.15, 0.2) is 41.4 Å². The van der Waals surface area contributed by atoms with Crippen LogP contribution in [0.25, 0.3) is 0 Å². The van der Waals surface area contributed by atoms with E-state index < -0.39 is 0 Å². The van der Waals surface area contributed by atoms with Crippen LogP contribution in [0.3, 0.4) is 0 Å². The molecule has 28 heavy (non-hydrogen) atoms. The monoisotopic (exact) mass is 492 g/mol. The third-order valence-electron chi connectivity index (χ3n) is 4.85. The van der Waals surface area contributed by atoms with Crippen LogP contribution in [0.5, 0.6) is 11.5 Å². The van der Waals surface area contributed by atoms with Gasteiger partial charge >= 0.3 is 0 Å². The number of hydrogen-bond donors (Lipinski definition) is 0. The Morgan fingerprint density at radius 2 is 2.04 bits per heavy atom. The Morgan fingerprint density at radius 1 is 1.21 bits per heavy atom. The SMILES string of the molecule is C=Nc1cc(OCCCCCI)c(OC)cc1C(=O)N1CCc2ccccc21. The number of para-hydroxylation sites is 1. The molecule has 2 aromatic carbocycles. The quantitative estimate of drug-likeness (QED) is 0.209. The number of rotatable bonds is 9. The second-order valence-electron chi connectivity index (χ2n) is 6.61. The second-order valence-corrected chi connectivity index (χ2v) is 7.69. The molecule has 0 atom stereocenters. The van der Waals surface area contributed by atoms with Gasteiger partial charge in [0.1, 0.15) is 0 Å². The molecule has 1 amide bonds. The predicted octanol–water partition coefficient (Wildman–Crippen LogP) is 5.21. The molecule has 148 valence electrons. The summed E-state index contributed by atoms with van der Waals surface area (Å²) in [5.74, 6) is 1.04. The van der Waals surface area contributed by atoms with Crippen molar-refractivity contribution >= 4 is 46.6 Å². The fraction of sp³-hybridized carbons (Fsp3) is 0.364. The predicted molar refractivity (Wildman–Crippen MR) is 122 cm³/mol. The standard InChI is InChI=1S/C22H25IN2O3/c1-24-18-15-21(28-13-7-3-6-11-23)20(27-2)14-17(18)22(26)25-12-10-16-8-4-5-9-19(16)25/h4-5,8-9,14-15H,1,3,6-7,10-13H2,2H3. The number of alkyl halides is 1. The molecule has 0 aliphatic carbocycles. The van der Waals surface area contributed by atoms with E-state index in [1.54, 1.807) is 24.1 Å². The van der Waals surface area contributed by atoms with Crippen molar-refractivity contribution in [1.29, 1.82) is 0 Å². The van der Waals surface area contributed by atoms with Crippen molar-refractivity contribution < 1.29 is 14.3 Å². The van der Waals surface area contributed by atoms with Gasteiger partial charge in [-0.2, -0.15) is 0 Å². The Bertz CT molecular complexity index is 854. The molecule has 0 saturated carbocycles. The van der Waals surface area contributed by atoms with Crippen molar-refractivity contribution in [2.24, 2.45) is 4.99 Å². The Morgan fingerprint density at radius 3 is 2.79 bits per heavy atom. The van der Waals surface area contributed by atoms with E-state index in [4.69, 9.17) is 9.47 Å². The van der Waals surface area contributed by atoms with Crippen molar-refractivity contribution in [1.82, 2.24) is 0 Å². The summed E-state index contributed by atoms with van der Waals surface area (Å²) in [6.45, 7) is 4.91. The van der Waals surface area contributed by atoms with E-state index >= 15 is 0 Å². The molecular weight excluding hydrogens is 467 g/mol. The van der Waals surface area contributed by atoms with Gasteiger partial charge < -0.3 is 14.4 Å². The van der Waals surface area contributed by atoms with Gasteiger partial charge in [-0.15, -0.1) is 0 Å². The van der Waals surface area contributed by atoms with E-state index in [2.05, 4.69) is 40.4 Å². The Kier molecular flexibility index (Phi) is 7.30. The lowest BCUT2D eigenvalue weighted by Crippen LogP contribution is -2.29. The largest absolute Gasteiger partial charge is 0.493 e. The summed E-state index contributed by atoms with van der Waals surface area (Å²) in [6.07, 6.45) is 4.15. The molecule has 0 N–H and O–H groups in total. The molecule has 0 spiro atoms. The van der Waals surface area contributed by atoms with Crippen molar-refractivity contribution in [2.45, 2.75) is 25.7 Å². The molecule has 1 aliphatic rings. The number of carbonyl (C=O) groups is 1. The van der Waals surface area contributed by atoms with Gasteiger partial charge in [-0.25, -0.2) is 0 Å². The number of benzene rings is 2. The van der Waals surface area contributed by atoms with Crippen LogP contribution in [0.4, 0.5) is 11.4 Å². The molecule has 5 nitrogen and oxygen atoms in total. The maximum absolute atomic E-state index is 13.2. The molecule has 0 radical (unpaired) electrons. The summed E-state index contributed by atoms with van der Waals surface area (Å²) in [4.78, 5) is 19.1. The van der Waals surface area contributed by atoms with Crippen molar-refractivity contribution in [3.8, 4) is 11.5 Å². The summed E-state index contributed by atoms with van der Waals surface area (Å²) < 4.78 is 12.5. The highest BCUT2D eigenvalue weighted by atomic mass is 127. The molecule has 6 heteroatoms. The number of halogens is 1. The highest BCUT2D eigenvalue weighted by Gasteiger charge is 2.28. The molecule has 0 saturated heterocycles. The zero-order chi connectivity index (χ0) is 19.9. The fourth-order valence-electron chi connectivity index (χ4n) is 3.37. The van der Waals surface area contributed by atoms with Crippen LogP contribution in [-0.2, 0) is 6.42 Å². The lowest BCUT2D eigenvalue weighted by molar-refractivity contribution is 0.0989. The number of unbranched alkanes of at least 4 members (excludes halogenated alkanes) is 2. The van der Waals surface area contributed by atoms with E-state index in [0.29, 0.717) is 35.9 Å². The molecule has 0 aromatic heterocycles. The van der Waals surface area contributed by atoms with Crippen LogP contribution in [0, 0.1) is 0 Å². The number of fused-ring (bicyclic) bond motifs is 1. The summed E-state index contributed by atoms with van der Waals surface area (Å²) in [6, 6.07) is 11.5. The van der Waals surface area contributed by atoms with Crippen LogP contribution >= 0.6 is 22.6 Å². The van der Waals surface area contributed by atoms with Crippen molar-refractivity contribution in [3.63, 3.8) is 0 Å². The summed E-state index contributed by atoms with van der Waals surface area (Å²) in [5, 5.41) is 0. The van der Waals surface area contributed by atoms with Crippen LogP contribution in [0.1, 0.15) is 35.2 Å². The Balaban J connectivity index is 1.83. The first-order valence-electron chi connectivity index (χ1n) is 9.47. The minimum atomic E-state index is -0.0979. The molecule has 3 rings (SSSR count). The smallest absolute Gasteiger partial charge is 0.260 e. The first kappa shape index (κ1) is 20.6. The van der Waals surface area contributed by atoms with Gasteiger partial charge in [0.2, 0.25) is 0 Å². The second kappa shape index (κ2) is 9.91. The number of aliphatic imine (C=N–C) groups is 1. The summed E-state index contributed by atoms with van der Waals surface area (Å²) in [7, 11) is 1.58.